The van der Waals surface area contributed by atoms with Crippen molar-refractivity contribution in [1.29, 1.82) is 0 Å². The van der Waals surface area contributed by atoms with Crippen LogP contribution < -0.4 is 10.1 Å². The highest BCUT2D eigenvalue weighted by Gasteiger charge is 2.03. The quantitative estimate of drug-likeness (QED) is 0.842. The molecule has 0 amide bonds. The van der Waals surface area contributed by atoms with Gasteiger partial charge < -0.3 is 10.1 Å². The molecule has 0 saturated heterocycles. The van der Waals surface area contributed by atoms with Gasteiger partial charge in [-0.1, -0.05) is 37.6 Å². The van der Waals surface area contributed by atoms with Crippen molar-refractivity contribution in [2.75, 3.05) is 0 Å². The van der Waals surface area contributed by atoms with Crippen LogP contribution in [0.2, 0.25) is 5.02 Å². The van der Waals surface area contributed by atoms with Crippen LogP contribution >= 0.6 is 11.6 Å². The van der Waals surface area contributed by atoms with Crippen LogP contribution in [0.5, 0.6) is 11.5 Å². The van der Waals surface area contributed by atoms with E-state index in [1.165, 1.54) is 5.56 Å². The first kappa shape index (κ1) is 14.9. The minimum atomic E-state index is 0.470. The molecule has 0 aliphatic heterocycles. The summed E-state index contributed by atoms with van der Waals surface area (Å²) in [7, 11) is 0. The molecule has 2 aromatic rings. The molecule has 0 radical (unpaired) electrons. The van der Waals surface area contributed by atoms with Crippen LogP contribution in [0, 0.1) is 6.92 Å². The van der Waals surface area contributed by atoms with Crippen LogP contribution in [0.4, 0.5) is 0 Å². The van der Waals surface area contributed by atoms with Crippen molar-refractivity contribution < 1.29 is 4.74 Å². The van der Waals surface area contributed by atoms with Crippen LogP contribution in [-0.2, 0) is 6.54 Å². The summed E-state index contributed by atoms with van der Waals surface area (Å²) in [6.07, 6.45) is 0. The summed E-state index contributed by atoms with van der Waals surface area (Å²) >= 11 is 5.95. The van der Waals surface area contributed by atoms with Gasteiger partial charge in [-0.3, -0.25) is 0 Å². The Bertz CT molecular complexity index is 581. The zero-order valence-electron chi connectivity index (χ0n) is 12.1. The van der Waals surface area contributed by atoms with E-state index in [4.69, 9.17) is 16.3 Å². The first-order valence-electron chi connectivity index (χ1n) is 6.81. The highest BCUT2D eigenvalue weighted by molar-refractivity contribution is 6.30. The van der Waals surface area contributed by atoms with Gasteiger partial charge in [-0.15, -0.1) is 0 Å². The van der Waals surface area contributed by atoms with Gasteiger partial charge in [-0.05, 0) is 48.4 Å². The Hall–Kier alpha value is -1.51. The van der Waals surface area contributed by atoms with E-state index in [2.05, 4.69) is 31.3 Å². The van der Waals surface area contributed by atoms with E-state index < -0.39 is 0 Å². The van der Waals surface area contributed by atoms with E-state index in [9.17, 15) is 0 Å². The molecule has 2 aromatic carbocycles. The maximum Gasteiger partial charge on any atom is 0.130 e. The van der Waals surface area contributed by atoms with Gasteiger partial charge in [-0.2, -0.15) is 0 Å². The fourth-order valence-corrected chi connectivity index (χ4v) is 2.12. The van der Waals surface area contributed by atoms with Crippen LogP contribution in [0.3, 0.4) is 0 Å². The van der Waals surface area contributed by atoms with Gasteiger partial charge in [0.15, 0.2) is 0 Å². The molecule has 2 nitrogen and oxygen atoms in total. The topological polar surface area (TPSA) is 21.3 Å². The summed E-state index contributed by atoms with van der Waals surface area (Å²) < 4.78 is 5.93. The highest BCUT2D eigenvalue weighted by atomic mass is 35.5. The Balaban J connectivity index is 2.11. The second kappa shape index (κ2) is 6.78. The van der Waals surface area contributed by atoms with E-state index in [0.717, 1.165) is 28.6 Å². The number of halogens is 1. The smallest absolute Gasteiger partial charge is 0.130 e. The average Bonchev–Trinajstić information content (AvgIpc) is 2.40. The normalized spacial score (nSPS) is 10.8. The molecule has 0 heterocycles. The highest BCUT2D eigenvalue weighted by Crippen LogP contribution is 2.27. The minimum Gasteiger partial charge on any atom is -0.457 e. The maximum absolute atomic E-state index is 5.95. The molecule has 0 aliphatic carbocycles. The summed E-state index contributed by atoms with van der Waals surface area (Å²) in [5.74, 6) is 1.68. The third-order valence-electron chi connectivity index (χ3n) is 2.98. The van der Waals surface area contributed by atoms with Gasteiger partial charge in [0.2, 0.25) is 0 Å². The van der Waals surface area contributed by atoms with E-state index in [-0.39, 0.29) is 0 Å². The molecule has 2 rings (SSSR count). The van der Waals surface area contributed by atoms with Crippen LogP contribution in [-0.4, -0.2) is 6.04 Å². The van der Waals surface area contributed by atoms with Crippen molar-refractivity contribution >= 4 is 11.6 Å². The fourth-order valence-electron chi connectivity index (χ4n) is 1.90. The molecule has 0 aliphatic rings. The first-order chi connectivity index (χ1) is 9.54. The maximum atomic E-state index is 5.95. The molecular weight excluding hydrogens is 270 g/mol. The number of nitrogens with one attached hydrogen (secondary N) is 1. The monoisotopic (exact) mass is 289 g/mol. The molecule has 0 aromatic heterocycles. The summed E-state index contributed by atoms with van der Waals surface area (Å²) in [6, 6.07) is 14.2. The number of hydrogen-bond donors (Lipinski definition) is 1. The van der Waals surface area contributed by atoms with E-state index >= 15 is 0 Å². The SMILES string of the molecule is Cc1cc(Cl)ccc1Oc1cccc(CNC(C)C)c1. The molecule has 106 valence electrons. The molecule has 0 atom stereocenters. The van der Waals surface area contributed by atoms with Gasteiger partial charge in [0.1, 0.15) is 11.5 Å². The summed E-state index contributed by atoms with van der Waals surface area (Å²) in [5, 5.41) is 4.13. The van der Waals surface area contributed by atoms with Crippen LogP contribution in [0.15, 0.2) is 42.5 Å². The fraction of sp³-hybridized carbons (Fsp3) is 0.294. The molecule has 0 fully saturated rings. The van der Waals surface area contributed by atoms with Crippen molar-refractivity contribution in [3.63, 3.8) is 0 Å². The molecule has 1 N–H and O–H groups in total. The van der Waals surface area contributed by atoms with Crippen molar-refractivity contribution in [2.45, 2.75) is 33.4 Å². The lowest BCUT2D eigenvalue weighted by Crippen LogP contribution is -2.21. The first-order valence-corrected chi connectivity index (χ1v) is 7.19. The Morgan fingerprint density at radius 3 is 2.65 bits per heavy atom. The lowest BCUT2D eigenvalue weighted by Gasteiger charge is -2.11. The molecule has 0 saturated carbocycles. The Labute approximate surface area is 125 Å². The lowest BCUT2D eigenvalue weighted by molar-refractivity contribution is 0.477. The number of ether oxygens (including phenoxy) is 1. The second-order valence-corrected chi connectivity index (χ2v) is 5.63. The van der Waals surface area contributed by atoms with E-state index in [1.807, 2.05) is 37.3 Å². The van der Waals surface area contributed by atoms with Crippen LogP contribution in [0.25, 0.3) is 0 Å². The van der Waals surface area contributed by atoms with Crippen molar-refractivity contribution in [2.24, 2.45) is 0 Å². The van der Waals surface area contributed by atoms with E-state index in [0.29, 0.717) is 6.04 Å². The number of rotatable bonds is 5. The standard InChI is InChI=1S/C17H20ClNO/c1-12(2)19-11-14-5-4-6-16(10-14)20-17-8-7-15(18)9-13(17)3/h4-10,12,19H,11H2,1-3H3. The Kier molecular flexibility index (Phi) is 5.05. The van der Waals surface area contributed by atoms with Gasteiger partial charge in [0, 0.05) is 17.6 Å². The number of hydrogen-bond acceptors (Lipinski definition) is 2. The van der Waals surface area contributed by atoms with Gasteiger partial charge in [0.05, 0.1) is 0 Å². The van der Waals surface area contributed by atoms with Crippen molar-refractivity contribution in [3.8, 4) is 11.5 Å². The Morgan fingerprint density at radius 1 is 1.15 bits per heavy atom. The van der Waals surface area contributed by atoms with Gasteiger partial charge in [-0.25, -0.2) is 0 Å². The zero-order chi connectivity index (χ0) is 14.5. The predicted molar refractivity (Wildman–Crippen MR) is 84.7 cm³/mol. The molecule has 0 spiro atoms. The van der Waals surface area contributed by atoms with E-state index in [1.54, 1.807) is 0 Å². The van der Waals surface area contributed by atoms with Crippen molar-refractivity contribution in [1.82, 2.24) is 5.32 Å². The zero-order valence-corrected chi connectivity index (χ0v) is 12.9. The molecule has 0 unspecified atom stereocenters. The average molecular weight is 290 g/mol. The summed E-state index contributed by atoms with van der Waals surface area (Å²) in [6.45, 7) is 7.11. The van der Waals surface area contributed by atoms with Crippen LogP contribution in [0.1, 0.15) is 25.0 Å². The third kappa shape index (κ3) is 4.26. The third-order valence-corrected chi connectivity index (χ3v) is 3.21. The number of aryl methyl sites for hydroxylation is 1. The van der Waals surface area contributed by atoms with Crippen molar-refractivity contribution in [3.05, 3.63) is 58.6 Å². The van der Waals surface area contributed by atoms with Gasteiger partial charge >= 0.3 is 0 Å². The second-order valence-electron chi connectivity index (χ2n) is 5.19. The van der Waals surface area contributed by atoms with Gasteiger partial charge in [0.25, 0.3) is 0 Å². The minimum absolute atomic E-state index is 0.470. The molecule has 3 heteroatoms. The predicted octanol–water partition coefficient (Wildman–Crippen LogP) is 4.94. The largest absolute Gasteiger partial charge is 0.457 e. The Morgan fingerprint density at radius 2 is 1.95 bits per heavy atom. The molecule has 0 bridgehead atoms. The summed E-state index contributed by atoms with van der Waals surface area (Å²) in [4.78, 5) is 0. The lowest BCUT2D eigenvalue weighted by atomic mass is 10.2. The number of benzene rings is 2. The molecular formula is C17H20ClNO. The summed E-state index contributed by atoms with van der Waals surface area (Å²) in [5.41, 5.74) is 2.24. The molecule has 20 heavy (non-hydrogen) atoms.